The van der Waals surface area contributed by atoms with E-state index in [2.05, 4.69) is 4.98 Å². The number of nitrogens with zero attached hydrogens (tertiary/aromatic N) is 1. The van der Waals surface area contributed by atoms with Crippen LogP contribution in [0.25, 0.3) is 6.08 Å². The molecule has 0 saturated carbocycles. The Hall–Kier alpha value is -1.71. The van der Waals surface area contributed by atoms with Crippen molar-refractivity contribution in [3.05, 3.63) is 29.5 Å². The van der Waals surface area contributed by atoms with E-state index in [4.69, 9.17) is 5.41 Å². The molecule has 4 heteroatoms. The van der Waals surface area contributed by atoms with Gasteiger partial charge in [-0.25, -0.2) is 0 Å². The maximum atomic E-state index is 11.0. The number of allylic oxidation sites excluding steroid dienone is 1. The first-order valence-electron chi connectivity index (χ1n) is 4.30. The molecule has 1 N–H and O–H groups in total. The first-order chi connectivity index (χ1) is 6.63. The molecule has 1 aromatic rings. The SMILES string of the molecule is Bc1cccc(/C=C(\C=N)C(C)=O)n1. The van der Waals surface area contributed by atoms with E-state index in [0.717, 1.165) is 11.8 Å². The molecule has 0 bridgehead atoms. The van der Waals surface area contributed by atoms with Crippen molar-refractivity contribution >= 4 is 31.5 Å². The Morgan fingerprint density at radius 1 is 1.57 bits per heavy atom. The van der Waals surface area contributed by atoms with Gasteiger partial charge in [-0.15, -0.1) is 0 Å². The Bertz CT molecular complexity index is 399. The van der Waals surface area contributed by atoms with Crippen molar-refractivity contribution in [1.29, 1.82) is 5.41 Å². The number of carbonyl (C=O) groups is 1. The van der Waals surface area contributed by atoms with Crippen molar-refractivity contribution in [3.8, 4) is 0 Å². The van der Waals surface area contributed by atoms with Crippen molar-refractivity contribution in [2.24, 2.45) is 0 Å². The van der Waals surface area contributed by atoms with Crippen LogP contribution in [0.15, 0.2) is 23.8 Å². The van der Waals surface area contributed by atoms with Crippen molar-refractivity contribution in [2.75, 3.05) is 0 Å². The van der Waals surface area contributed by atoms with Crippen LogP contribution in [-0.2, 0) is 4.79 Å². The molecule has 3 nitrogen and oxygen atoms in total. The minimum Gasteiger partial charge on any atom is -0.308 e. The van der Waals surface area contributed by atoms with E-state index in [1.165, 1.54) is 6.92 Å². The van der Waals surface area contributed by atoms with Crippen LogP contribution in [0.2, 0.25) is 0 Å². The third-order valence-electron chi connectivity index (χ3n) is 1.78. The minimum atomic E-state index is -0.122. The highest BCUT2D eigenvalue weighted by Gasteiger charge is 2.00. The molecular weight excluding hydrogens is 175 g/mol. The molecule has 0 atom stereocenters. The van der Waals surface area contributed by atoms with Gasteiger partial charge in [0.25, 0.3) is 0 Å². The van der Waals surface area contributed by atoms with Crippen molar-refractivity contribution in [2.45, 2.75) is 6.92 Å². The van der Waals surface area contributed by atoms with E-state index in [1.807, 2.05) is 20.0 Å². The van der Waals surface area contributed by atoms with Gasteiger partial charge in [0.05, 0.1) is 5.69 Å². The number of rotatable bonds is 3. The quantitative estimate of drug-likeness (QED) is 0.409. The Balaban J connectivity index is 3.06. The molecule has 0 fully saturated rings. The van der Waals surface area contributed by atoms with Gasteiger partial charge in [-0.05, 0) is 24.7 Å². The monoisotopic (exact) mass is 186 g/mol. The number of aromatic nitrogens is 1. The first-order valence-corrected chi connectivity index (χ1v) is 4.30. The predicted octanol–water partition coefficient (Wildman–Crippen LogP) is -0.0380. The largest absolute Gasteiger partial charge is 0.308 e. The van der Waals surface area contributed by atoms with Gasteiger partial charge in [-0.2, -0.15) is 0 Å². The van der Waals surface area contributed by atoms with Crippen LogP contribution in [0.5, 0.6) is 0 Å². The zero-order chi connectivity index (χ0) is 10.6. The molecule has 0 amide bonds. The zero-order valence-corrected chi connectivity index (χ0v) is 8.24. The van der Waals surface area contributed by atoms with Gasteiger partial charge >= 0.3 is 0 Å². The fraction of sp³-hybridized carbons (Fsp3) is 0.100. The van der Waals surface area contributed by atoms with E-state index in [9.17, 15) is 4.79 Å². The summed E-state index contributed by atoms with van der Waals surface area (Å²) < 4.78 is 0. The second-order valence-corrected chi connectivity index (χ2v) is 3.00. The van der Waals surface area contributed by atoms with Crippen molar-refractivity contribution < 1.29 is 4.79 Å². The lowest BCUT2D eigenvalue weighted by Gasteiger charge is -1.97. The van der Waals surface area contributed by atoms with Crippen LogP contribution in [0, 0.1) is 5.41 Å². The highest BCUT2D eigenvalue weighted by Crippen LogP contribution is 2.01. The summed E-state index contributed by atoms with van der Waals surface area (Å²) in [6.07, 6.45) is 2.66. The van der Waals surface area contributed by atoms with E-state index in [-0.39, 0.29) is 5.78 Å². The van der Waals surface area contributed by atoms with Gasteiger partial charge in [0, 0.05) is 11.8 Å². The number of nitrogens with one attached hydrogen (secondary N) is 1. The van der Waals surface area contributed by atoms with Gasteiger partial charge < -0.3 is 5.41 Å². The minimum absolute atomic E-state index is 0.122. The molecule has 1 heterocycles. The number of hydrogen-bond donors (Lipinski definition) is 1. The number of pyridine rings is 1. The maximum absolute atomic E-state index is 11.0. The van der Waals surface area contributed by atoms with E-state index >= 15 is 0 Å². The van der Waals surface area contributed by atoms with Gasteiger partial charge in [0.1, 0.15) is 0 Å². The molecule has 0 aromatic carbocycles. The molecule has 0 aliphatic carbocycles. The second-order valence-electron chi connectivity index (χ2n) is 3.00. The lowest BCUT2D eigenvalue weighted by Crippen LogP contribution is -2.08. The Morgan fingerprint density at radius 3 is 2.79 bits per heavy atom. The third-order valence-corrected chi connectivity index (χ3v) is 1.78. The number of carbonyl (C=O) groups excluding carboxylic acids is 1. The normalized spacial score (nSPS) is 11.1. The smallest absolute Gasteiger partial charge is 0.163 e. The molecule has 1 rings (SSSR count). The molecule has 0 aliphatic heterocycles. The summed E-state index contributed by atoms with van der Waals surface area (Å²) in [6.45, 7) is 1.44. The summed E-state index contributed by atoms with van der Waals surface area (Å²) >= 11 is 0. The van der Waals surface area contributed by atoms with Crippen LogP contribution in [-0.4, -0.2) is 24.8 Å². The topological polar surface area (TPSA) is 53.8 Å². The lowest BCUT2D eigenvalue weighted by atomic mass is 10.0. The molecule has 0 spiro atoms. The van der Waals surface area contributed by atoms with Crippen molar-refractivity contribution in [3.63, 3.8) is 0 Å². The molecule has 0 radical (unpaired) electrons. The molecule has 1 aromatic heterocycles. The van der Waals surface area contributed by atoms with E-state index < -0.39 is 0 Å². The van der Waals surface area contributed by atoms with Crippen LogP contribution < -0.4 is 5.59 Å². The number of hydrogen-bond acceptors (Lipinski definition) is 3. The number of ketones is 1. The molecule has 0 unspecified atom stereocenters. The van der Waals surface area contributed by atoms with Crippen LogP contribution in [0.1, 0.15) is 12.6 Å². The molecule has 70 valence electrons. The van der Waals surface area contributed by atoms with E-state index in [0.29, 0.717) is 11.3 Å². The second kappa shape index (κ2) is 4.51. The Kier molecular flexibility index (Phi) is 3.34. The maximum Gasteiger partial charge on any atom is 0.163 e. The summed E-state index contributed by atoms with van der Waals surface area (Å²) in [5.41, 5.74) is 1.97. The molecule has 14 heavy (non-hydrogen) atoms. The Labute approximate surface area is 83.8 Å². The van der Waals surface area contributed by atoms with Crippen LogP contribution in [0.4, 0.5) is 0 Å². The van der Waals surface area contributed by atoms with Gasteiger partial charge in [0.2, 0.25) is 0 Å². The average molecular weight is 186 g/mol. The first kappa shape index (κ1) is 10.4. The predicted molar refractivity (Wildman–Crippen MR) is 59.9 cm³/mol. The van der Waals surface area contributed by atoms with Gasteiger partial charge in [-0.1, -0.05) is 12.1 Å². The van der Waals surface area contributed by atoms with E-state index in [1.54, 1.807) is 12.1 Å². The highest BCUT2D eigenvalue weighted by atomic mass is 16.1. The summed E-state index contributed by atoms with van der Waals surface area (Å²) in [4.78, 5) is 15.2. The highest BCUT2D eigenvalue weighted by molar-refractivity contribution is 6.30. The zero-order valence-electron chi connectivity index (χ0n) is 8.24. The summed E-state index contributed by atoms with van der Waals surface area (Å²) in [7, 11) is 1.88. The number of Topliss-reactive ketones (excluding diaryl/α,β-unsaturated/α-hetero) is 1. The fourth-order valence-electron chi connectivity index (χ4n) is 1.05. The molecule has 0 aliphatic rings. The van der Waals surface area contributed by atoms with Gasteiger partial charge in [-0.3, -0.25) is 9.78 Å². The Morgan fingerprint density at radius 2 is 2.29 bits per heavy atom. The third kappa shape index (κ3) is 2.66. The molecular formula is C10H11BN2O. The summed E-state index contributed by atoms with van der Waals surface area (Å²) in [5.74, 6) is -0.122. The fourth-order valence-corrected chi connectivity index (χ4v) is 1.05. The van der Waals surface area contributed by atoms with Gasteiger partial charge in [0.15, 0.2) is 13.6 Å². The average Bonchev–Trinajstić information content (AvgIpc) is 2.14. The molecule has 0 saturated heterocycles. The summed E-state index contributed by atoms with van der Waals surface area (Å²) in [5, 5.41) is 7.05. The van der Waals surface area contributed by atoms with Crippen LogP contribution in [0.3, 0.4) is 0 Å². The summed E-state index contributed by atoms with van der Waals surface area (Å²) in [6, 6.07) is 5.56. The van der Waals surface area contributed by atoms with Crippen LogP contribution >= 0.6 is 0 Å². The standard InChI is InChI=1S/C10H11BN2O/c1-7(14)8(6-12)5-9-3-2-4-10(11)13-9/h2-6,12H,11H2,1H3/b8-5+,12-6?. The van der Waals surface area contributed by atoms with Crippen molar-refractivity contribution in [1.82, 2.24) is 4.98 Å². The lowest BCUT2D eigenvalue weighted by molar-refractivity contribution is -0.113.